The number of benzene rings is 1. The molecule has 6 heteroatoms. The van der Waals surface area contributed by atoms with E-state index in [2.05, 4.69) is 10.6 Å². The fraction of sp³-hybridized carbons (Fsp3) is 0.143. The molecule has 0 saturated heterocycles. The van der Waals surface area contributed by atoms with Gasteiger partial charge in [-0.1, -0.05) is 0 Å². The molecule has 1 aromatic carbocycles. The smallest absolute Gasteiger partial charge is 0.293 e. The summed E-state index contributed by atoms with van der Waals surface area (Å²) in [4.78, 5) is 23.1. The predicted octanol–water partition coefficient (Wildman–Crippen LogP) is 1.66. The average molecular weight is 274 g/mol. The molecule has 20 heavy (non-hydrogen) atoms. The lowest BCUT2D eigenvalue weighted by Crippen LogP contribution is -2.34. The number of nitrogens with one attached hydrogen (secondary N) is 2. The zero-order chi connectivity index (χ0) is 14.4. The summed E-state index contributed by atoms with van der Waals surface area (Å²) in [5, 5.41) is 5.14. The first-order valence-electron chi connectivity index (χ1n) is 5.97. The molecule has 0 bridgehead atoms. The summed E-state index contributed by atoms with van der Waals surface area (Å²) in [6.07, 6.45) is 1.36. The maximum Gasteiger partial charge on any atom is 0.293 e. The molecule has 2 aromatic rings. The number of furan rings is 1. The van der Waals surface area contributed by atoms with Gasteiger partial charge in [-0.15, -0.1) is 0 Å². The van der Waals surface area contributed by atoms with Crippen LogP contribution in [-0.4, -0.2) is 25.5 Å². The van der Waals surface area contributed by atoms with Crippen molar-refractivity contribution in [2.75, 3.05) is 19.0 Å². The highest BCUT2D eigenvalue weighted by atomic mass is 16.5. The van der Waals surface area contributed by atoms with Gasteiger partial charge in [0.2, 0.25) is 0 Å². The first kappa shape index (κ1) is 13.7. The van der Waals surface area contributed by atoms with Crippen LogP contribution >= 0.6 is 0 Å². The lowest BCUT2D eigenvalue weighted by Gasteiger charge is -2.07. The van der Waals surface area contributed by atoms with Crippen molar-refractivity contribution < 1.29 is 18.7 Å². The van der Waals surface area contributed by atoms with E-state index in [1.54, 1.807) is 18.2 Å². The fourth-order valence-corrected chi connectivity index (χ4v) is 1.50. The van der Waals surface area contributed by atoms with Crippen LogP contribution in [0.2, 0.25) is 0 Å². The second-order valence-corrected chi connectivity index (χ2v) is 3.92. The van der Waals surface area contributed by atoms with Crippen LogP contribution in [-0.2, 0) is 4.79 Å². The molecule has 2 rings (SSSR count). The van der Waals surface area contributed by atoms with E-state index < -0.39 is 11.8 Å². The van der Waals surface area contributed by atoms with Crippen LogP contribution < -0.4 is 15.4 Å². The van der Waals surface area contributed by atoms with Gasteiger partial charge >= 0.3 is 0 Å². The molecule has 6 nitrogen and oxygen atoms in total. The summed E-state index contributed by atoms with van der Waals surface area (Å²) >= 11 is 0. The molecule has 1 aromatic heterocycles. The van der Waals surface area contributed by atoms with E-state index in [1.807, 2.05) is 19.2 Å². The quantitative estimate of drug-likeness (QED) is 0.866. The molecule has 0 radical (unpaired) electrons. The van der Waals surface area contributed by atoms with Gasteiger partial charge in [-0.05, 0) is 36.4 Å². The first-order valence-corrected chi connectivity index (χ1v) is 5.97. The van der Waals surface area contributed by atoms with E-state index >= 15 is 0 Å². The van der Waals surface area contributed by atoms with Crippen molar-refractivity contribution in [3.8, 4) is 5.75 Å². The number of hydrogen-bond donors (Lipinski definition) is 2. The van der Waals surface area contributed by atoms with Gasteiger partial charge < -0.3 is 14.5 Å². The summed E-state index contributed by atoms with van der Waals surface area (Å²) in [7, 11) is 1.81. The van der Waals surface area contributed by atoms with Crippen LogP contribution in [0, 0.1) is 0 Å². The fourth-order valence-electron chi connectivity index (χ4n) is 1.50. The SMILES string of the molecule is CNc1ccc(OCC(=O)NC(=O)c2ccco2)cc1. The zero-order valence-corrected chi connectivity index (χ0v) is 10.9. The Morgan fingerprint density at radius 3 is 2.55 bits per heavy atom. The minimum absolute atomic E-state index is 0.0803. The number of imide groups is 1. The van der Waals surface area contributed by atoms with Gasteiger partial charge in [0, 0.05) is 12.7 Å². The number of ether oxygens (including phenoxy) is 1. The predicted molar refractivity (Wildman–Crippen MR) is 72.7 cm³/mol. The highest BCUT2D eigenvalue weighted by Crippen LogP contribution is 2.14. The van der Waals surface area contributed by atoms with Crippen LogP contribution in [0.4, 0.5) is 5.69 Å². The van der Waals surface area contributed by atoms with E-state index in [9.17, 15) is 9.59 Å². The number of carbonyl (C=O) groups excluding carboxylic acids is 2. The molecule has 0 unspecified atom stereocenters. The third kappa shape index (κ3) is 3.61. The standard InChI is InChI=1S/C14H14N2O4/c1-15-10-4-6-11(7-5-10)20-9-13(17)16-14(18)12-3-2-8-19-12/h2-8,15H,9H2,1H3,(H,16,17,18). The third-order valence-corrected chi connectivity index (χ3v) is 2.51. The van der Waals surface area contributed by atoms with Gasteiger partial charge in [-0.3, -0.25) is 14.9 Å². The van der Waals surface area contributed by atoms with E-state index in [-0.39, 0.29) is 12.4 Å². The number of amides is 2. The molecule has 0 fully saturated rings. The molecule has 0 aliphatic rings. The second kappa shape index (κ2) is 6.42. The summed E-state index contributed by atoms with van der Waals surface area (Å²) in [5.41, 5.74) is 0.940. The Hall–Kier alpha value is -2.76. The molecule has 0 aliphatic heterocycles. The van der Waals surface area contributed by atoms with Crippen molar-refractivity contribution in [1.82, 2.24) is 5.32 Å². The highest BCUT2D eigenvalue weighted by Gasteiger charge is 2.12. The van der Waals surface area contributed by atoms with E-state index in [0.717, 1.165) is 5.69 Å². The average Bonchev–Trinajstić information content (AvgIpc) is 3.00. The molecule has 0 spiro atoms. The molecule has 0 saturated carbocycles. The van der Waals surface area contributed by atoms with Crippen molar-refractivity contribution in [2.45, 2.75) is 0 Å². The first-order chi connectivity index (χ1) is 9.69. The van der Waals surface area contributed by atoms with Gasteiger partial charge in [0.1, 0.15) is 5.75 Å². The molecule has 1 heterocycles. The number of carbonyl (C=O) groups is 2. The van der Waals surface area contributed by atoms with E-state index in [1.165, 1.54) is 12.3 Å². The summed E-state index contributed by atoms with van der Waals surface area (Å²) in [5.74, 6) is -0.500. The molecule has 2 amide bonds. The van der Waals surface area contributed by atoms with Gasteiger partial charge in [0.25, 0.3) is 11.8 Å². The lowest BCUT2D eigenvalue weighted by molar-refractivity contribution is -0.122. The molecular formula is C14H14N2O4. The Morgan fingerprint density at radius 2 is 1.95 bits per heavy atom. The Balaban J connectivity index is 1.81. The van der Waals surface area contributed by atoms with E-state index in [4.69, 9.17) is 9.15 Å². The number of anilines is 1. The molecule has 0 atom stereocenters. The minimum atomic E-state index is -0.589. The van der Waals surface area contributed by atoms with Crippen molar-refractivity contribution in [2.24, 2.45) is 0 Å². The van der Waals surface area contributed by atoms with Gasteiger partial charge in [-0.2, -0.15) is 0 Å². The van der Waals surface area contributed by atoms with Crippen LogP contribution in [0.15, 0.2) is 47.1 Å². The number of hydrogen-bond acceptors (Lipinski definition) is 5. The third-order valence-electron chi connectivity index (χ3n) is 2.51. The Bertz CT molecular complexity index is 576. The highest BCUT2D eigenvalue weighted by molar-refractivity contribution is 6.03. The monoisotopic (exact) mass is 274 g/mol. The molecule has 104 valence electrons. The maximum absolute atomic E-state index is 11.5. The molecular weight excluding hydrogens is 260 g/mol. The van der Waals surface area contributed by atoms with Gasteiger partial charge in [0.15, 0.2) is 12.4 Å². The Kier molecular flexibility index (Phi) is 4.39. The van der Waals surface area contributed by atoms with Crippen LogP contribution in [0.5, 0.6) is 5.75 Å². The summed E-state index contributed by atoms with van der Waals surface area (Å²) in [6, 6.07) is 10.1. The van der Waals surface area contributed by atoms with Crippen molar-refractivity contribution in [1.29, 1.82) is 0 Å². The second-order valence-electron chi connectivity index (χ2n) is 3.92. The van der Waals surface area contributed by atoms with Gasteiger partial charge in [0.05, 0.1) is 6.26 Å². The van der Waals surface area contributed by atoms with E-state index in [0.29, 0.717) is 5.75 Å². The maximum atomic E-state index is 11.5. The van der Waals surface area contributed by atoms with Crippen LogP contribution in [0.3, 0.4) is 0 Å². The molecule has 2 N–H and O–H groups in total. The van der Waals surface area contributed by atoms with Crippen molar-refractivity contribution in [3.05, 3.63) is 48.4 Å². The largest absolute Gasteiger partial charge is 0.484 e. The van der Waals surface area contributed by atoms with Crippen molar-refractivity contribution >= 4 is 17.5 Å². The number of rotatable bonds is 5. The normalized spacial score (nSPS) is 9.85. The molecule has 0 aliphatic carbocycles. The zero-order valence-electron chi connectivity index (χ0n) is 10.9. The Labute approximate surface area is 115 Å². The summed E-state index contributed by atoms with van der Waals surface area (Å²) < 4.78 is 10.1. The van der Waals surface area contributed by atoms with Crippen molar-refractivity contribution in [3.63, 3.8) is 0 Å². The Morgan fingerprint density at radius 1 is 1.20 bits per heavy atom. The van der Waals surface area contributed by atoms with Crippen LogP contribution in [0.25, 0.3) is 0 Å². The topological polar surface area (TPSA) is 80.6 Å². The van der Waals surface area contributed by atoms with Crippen LogP contribution in [0.1, 0.15) is 10.6 Å². The lowest BCUT2D eigenvalue weighted by atomic mass is 10.3. The minimum Gasteiger partial charge on any atom is -0.484 e. The van der Waals surface area contributed by atoms with Gasteiger partial charge in [-0.25, -0.2) is 0 Å². The summed E-state index contributed by atoms with van der Waals surface area (Å²) in [6.45, 7) is -0.245.